The van der Waals surface area contributed by atoms with Crippen LogP contribution in [0, 0.1) is 0 Å². The molecule has 9 heteroatoms. The lowest BCUT2D eigenvalue weighted by molar-refractivity contribution is -0.151. The highest BCUT2D eigenvalue weighted by Gasteiger charge is 2.28. The van der Waals surface area contributed by atoms with E-state index >= 15 is 0 Å². The van der Waals surface area contributed by atoms with Crippen molar-refractivity contribution < 1.29 is 28.9 Å². The Morgan fingerprint density at radius 2 is 1.81 bits per heavy atom. The molecule has 0 saturated heterocycles. The minimum atomic E-state index is -0.590. The van der Waals surface area contributed by atoms with Crippen molar-refractivity contribution in [1.29, 1.82) is 0 Å². The smallest absolute Gasteiger partial charge is 0.286 e. The predicted octanol–water partition coefficient (Wildman–Crippen LogP) is 2.93. The number of nitrogen functional groups attached to an aromatic ring is 1. The molecule has 0 bridgehead atoms. The summed E-state index contributed by atoms with van der Waals surface area (Å²) in [7, 11) is 0. The highest BCUT2D eigenvalue weighted by molar-refractivity contribution is 5.93. The second-order valence-corrected chi connectivity index (χ2v) is 8.39. The van der Waals surface area contributed by atoms with Crippen LogP contribution in [0.25, 0.3) is 0 Å². The molecule has 9 nitrogen and oxygen atoms in total. The molecule has 2 aromatic carbocycles. The number of rotatable bonds is 14. The van der Waals surface area contributed by atoms with Gasteiger partial charge in [-0.3, -0.25) is 9.59 Å². The number of nitrogens with two attached hydrogens (primary N) is 1. The van der Waals surface area contributed by atoms with Crippen molar-refractivity contribution in [2.75, 3.05) is 44.0 Å². The number of benzene rings is 2. The van der Waals surface area contributed by atoms with Crippen LogP contribution < -0.4 is 16.4 Å². The average molecular weight is 498 g/mol. The molecule has 0 spiro atoms. The molecular formula is C27H35N3O6. The molecule has 0 saturated carbocycles. The zero-order valence-corrected chi connectivity index (χ0v) is 20.4. The second kappa shape index (κ2) is 14.9. The molecule has 0 aliphatic carbocycles. The van der Waals surface area contributed by atoms with Crippen molar-refractivity contribution >= 4 is 23.2 Å². The van der Waals surface area contributed by atoms with Gasteiger partial charge in [-0.15, -0.1) is 0 Å². The number of hydrogen-bond acceptors (Lipinski definition) is 7. The fraction of sp³-hybridized carbons (Fsp3) is 0.407. The van der Waals surface area contributed by atoms with Crippen molar-refractivity contribution in [1.82, 2.24) is 5.32 Å². The Labute approximate surface area is 211 Å². The van der Waals surface area contributed by atoms with Crippen LogP contribution in [-0.2, 0) is 23.8 Å². The highest BCUT2D eigenvalue weighted by Crippen LogP contribution is 2.31. The lowest BCUT2D eigenvalue weighted by Crippen LogP contribution is -2.33. The summed E-state index contributed by atoms with van der Waals surface area (Å²) in [6, 6.07) is 17.0. The summed E-state index contributed by atoms with van der Waals surface area (Å²) in [6.07, 6.45) is 3.39. The number of aliphatic hydroxyl groups is 1. The van der Waals surface area contributed by atoms with Crippen molar-refractivity contribution in [2.24, 2.45) is 0 Å². The van der Waals surface area contributed by atoms with E-state index in [1.165, 1.54) is 0 Å². The van der Waals surface area contributed by atoms with E-state index in [0.717, 1.165) is 5.56 Å². The van der Waals surface area contributed by atoms with E-state index in [9.17, 15) is 9.59 Å². The SMILES string of the molecule is Nc1ccccc1NC(=O)CCCCNC(=O)C1=C[C@H](c2ccccc2)C[C@H](OCCOCCO)O1. The fourth-order valence-corrected chi connectivity index (χ4v) is 3.78. The maximum absolute atomic E-state index is 12.8. The molecule has 2 amide bonds. The van der Waals surface area contributed by atoms with Crippen molar-refractivity contribution in [3.63, 3.8) is 0 Å². The lowest BCUT2D eigenvalue weighted by atomic mass is 9.93. The van der Waals surface area contributed by atoms with Gasteiger partial charge in [-0.25, -0.2) is 0 Å². The number of carbonyl (C=O) groups is 2. The van der Waals surface area contributed by atoms with E-state index in [4.69, 9.17) is 25.1 Å². The van der Waals surface area contributed by atoms with E-state index in [-0.39, 0.29) is 43.3 Å². The molecule has 0 aromatic heterocycles. The Morgan fingerprint density at radius 3 is 2.58 bits per heavy atom. The summed E-state index contributed by atoms with van der Waals surface area (Å²) < 4.78 is 16.8. The molecular weight excluding hydrogens is 462 g/mol. The average Bonchev–Trinajstić information content (AvgIpc) is 2.90. The number of allylic oxidation sites excluding steroid dienone is 1. The summed E-state index contributed by atoms with van der Waals surface area (Å²) >= 11 is 0. The molecule has 0 radical (unpaired) electrons. The topological polar surface area (TPSA) is 132 Å². The van der Waals surface area contributed by atoms with Crippen LogP contribution in [0.5, 0.6) is 0 Å². The number of ether oxygens (including phenoxy) is 3. The third-order valence-electron chi connectivity index (χ3n) is 5.63. The standard InChI is InChI=1S/C27H35N3O6/c28-22-10-4-5-11-23(22)30-25(32)12-6-7-13-29-27(33)24-18-21(20-8-2-1-3-9-20)19-26(36-24)35-17-16-34-15-14-31/h1-5,8-11,18,21,26,31H,6-7,12-17,19,28H2,(H,29,33)(H,30,32)/t21-,26+/m0/s1. The van der Waals surface area contributed by atoms with Crippen LogP contribution >= 0.6 is 0 Å². The number of hydrogen-bond donors (Lipinski definition) is 4. The maximum atomic E-state index is 12.8. The summed E-state index contributed by atoms with van der Waals surface area (Å²) in [5.74, 6) is -0.250. The summed E-state index contributed by atoms with van der Waals surface area (Å²) in [5.41, 5.74) is 8.04. The number of para-hydroxylation sites is 2. The quantitative estimate of drug-likeness (QED) is 0.233. The van der Waals surface area contributed by atoms with Crippen molar-refractivity contribution in [2.45, 2.75) is 37.9 Å². The van der Waals surface area contributed by atoms with Gasteiger partial charge >= 0.3 is 0 Å². The molecule has 0 unspecified atom stereocenters. The summed E-state index contributed by atoms with van der Waals surface area (Å²) in [6.45, 7) is 1.23. The fourth-order valence-electron chi connectivity index (χ4n) is 3.78. The van der Waals surface area contributed by atoms with Crippen molar-refractivity contribution in [3.05, 3.63) is 72.0 Å². The molecule has 36 heavy (non-hydrogen) atoms. The number of anilines is 2. The van der Waals surface area contributed by atoms with Crippen LogP contribution in [-0.4, -0.2) is 56.2 Å². The number of amides is 2. The molecule has 0 fully saturated rings. The van der Waals surface area contributed by atoms with E-state index in [2.05, 4.69) is 10.6 Å². The number of carbonyl (C=O) groups excluding carboxylic acids is 2. The first-order chi connectivity index (χ1) is 17.6. The largest absolute Gasteiger partial charge is 0.459 e. The minimum absolute atomic E-state index is 0.0295. The van der Waals surface area contributed by atoms with Gasteiger partial charge in [0, 0.05) is 25.3 Å². The van der Waals surface area contributed by atoms with Crippen molar-refractivity contribution in [3.8, 4) is 0 Å². The Hall–Kier alpha value is -3.40. The van der Waals surface area contributed by atoms with Gasteiger partial charge in [0.25, 0.3) is 5.91 Å². The Kier molecular flexibility index (Phi) is 11.2. The maximum Gasteiger partial charge on any atom is 0.286 e. The molecule has 1 aliphatic heterocycles. The Balaban J connectivity index is 1.45. The first-order valence-corrected chi connectivity index (χ1v) is 12.2. The van der Waals surface area contributed by atoms with Crippen LogP contribution in [0.2, 0.25) is 0 Å². The zero-order chi connectivity index (χ0) is 25.6. The molecule has 3 rings (SSSR count). The van der Waals surface area contributed by atoms with Crippen LogP contribution in [0.3, 0.4) is 0 Å². The minimum Gasteiger partial charge on any atom is -0.459 e. The molecule has 2 atom stereocenters. The monoisotopic (exact) mass is 497 g/mol. The third kappa shape index (κ3) is 8.99. The van der Waals surface area contributed by atoms with Gasteiger partial charge in [0.05, 0.1) is 37.8 Å². The van der Waals surface area contributed by atoms with E-state index in [1.807, 2.05) is 48.5 Å². The van der Waals surface area contributed by atoms with Gasteiger partial charge in [0.2, 0.25) is 12.2 Å². The molecule has 1 aliphatic rings. The second-order valence-electron chi connectivity index (χ2n) is 8.39. The van der Waals surface area contributed by atoms with Crippen LogP contribution in [0.4, 0.5) is 11.4 Å². The predicted molar refractivity (Wildman–Crippen MR) is 137 cm³/mol. The highest BCUT2D eigenvalue weighted by atomic mass is 16.7. The molecule has 2 aromatic rings. The summed E-state index contributed by atoms with van der Waals surface area (Å²) in [5, 5.41) is 14.5. The summed E-state index contributed by atoms with van der Waals surface area (Å²) in [4.78, 5) is 24.9. The Morgan fingerprint density at radius 1 is 1.03 bits per heavy atom. The molecule has 194 valence electrons. The van der Waals surface area contributed by atoms with E-state index in [0.29, 0.717) is 50.2 Å². The number of nitrogens with one attached hydrogen (secondary N) is 2. The third-order valence-corrected chi connectivity index (χ3v) is 5.63. The molecule has 5 N–H and O–H groups in total. The number of aliphatic hydroxyl groups excluding tert-OH is 1. The van der Waals surface area contributed by atoms with Gasteiger partial charge in [-0.05, 0) is 36.6 Å². The Bertz CT molecular complexity index is 998. The molecule has 1 heterocycles. The van der Waals surface area contributed by atoms with Gasteiger partial charge in [0.15, 0.2) is 5.76 Å². The lowest BCUT2D eigenvalue weighted by Gasteiger charge is -2.29. The first-order valence-electron chi connectivity index (χ1n) is 12.2. The van der Waals surface area contributed by atoms with E-state index in [1.54, 1.807) is 12.1 Å². The van der Waals surface area contributed by atoms with E-state index < -0.39 is 6.29 Å². The zero-order valence-electron chi connectivity index (χ0n) is 20.4. The van der Waals surface area contributed by atoms with Gasteiger partial charge in [-0.2, -0.15) is 0 Å². The van der Waals surface area contributed by atoms with Gasteiger partial charge in [-0.1, -0.05) is 42.5 Å². The van der Waals surface area contributed by atoms with Gasteiger partial charge in [0.1, 0.15) is 0 Å². The first kappa shape index (κ1) is 27.2. The van der Waals surface area contributed by atoms with Gasteiger partial charge < -0.3 is 35.7 Å². The number of unbranched alkanes of at least 4 members (excludes halogenated alkanes) is 1. The van der Waals surface area contributed by atoms with Crippen LogP contribution in [0.1, 0.15) is 37.2 Å². The normalized spacial score (nSPS) is 17.1. The van der Waals surface area contributed by atoms with Crippen LogP contribution in [0.15, 0.2) is 66.4 Å².